The van der Waals surface area contributed by atoms with Gasteiger partial charge in [0.25, 0.3) is 5.91 Å². The van der Waals surface area contributed by atoms with E-state index in [4.69, 9.17) is 9.41 Å². The molecule has 1 aromatic carbocycles. The normalized spacial score (nSPS) is 16.9. The second-order valence-corrected chi connectivity index (χ2v) is 10.6. The van der Waals surface area contributed by atoms with Crippen molar-refractivity contribution in [3.63, 3.8) is 0 Å². The third-order valence-corrected chi connectivity index (χ3v) is 8.09. The summed E-state index contributed by atoms with van der Waals surface area (Å²) >= 11 is 2.77. The van der Waals surface area contributed by atoms with Gasteiger partial charge in [-0.15, -0.1) is 11.3 Å². The number of hydrogen-bond acceptors (Lipinski definition) is 8. The van der Waals surface area contributed by atoms with E-state index >= 15 is 0 Å². The number of aliphatic imine (C=N–C) groups is 2. The van der Waals surface area contributed by atoms with Gasteiger partial charge in [0.05, 0.1) is 36.7 Å². The lowest BCUT2D eigenvalue weighted by Crippen LogP contribution is -2.43. The van der Waals surface area contributed by atoms with Crippen LogP contribution in [0.25, 0.3) is 0 Å². The summed E-state index contributed by atoms with van der Waals surface area (Å²) in [6.07, 6.45) is 2.02. The summed E-state index contributed by atoms with van der Waals surface area (Å²) in [6, 6.07) is 14.0. The second-order valence-electron chi connectivity index (χ2n) is 8.43. The molecular weight excluding hydrogens is 510 g/mol. The third-order valence-electron chi connectivity index (χ3n) is 5.89. The van der Waals surface area contributed by atoms with Gasteiger partial charge in [-0.1, -0.05) is 36.9 Å². The van der Waals surface area contributed by atoms with Crippen LogP contribution in [0, 0.1) is 0 Å². The van der Waals surface area contributed by atoms with E-state index in [1.165, 1.54) is 16.7 Å². The van der Waals surface area contributed by atoms with E-state index in [2.05, 4.69) is 15.6 Å². The first-order valence-electron chi connectivity index (χ1n) is 11.9. The fourth-order valence-electron chi connectivity index (χ4n) is 4.01. The number of carbonyl (C=O) groups excluding carboxylic acids is 3. The number of amidine groups is 2. The molecule has 0 bridgehead atoms. The maximum Gasteiger partial charge on any atom is 0.259 e. The van der Waals surface area contributed by atoms with Gasteiger partial charge in [-0.25, -0.2) is 9.89 Å². The molecule has 2 aromatic heterocycles. The standard InChI is InChI=1S/C26H25N5O4S2/c1-2-21(24(33)28-14-16-7-5-11-35-16)37-26-30-19-10-4-3-9-18(19)23-29-20(25(34)31(23)26)13-22(32)27-15-17-8-6-12-36-17/h3-12,20-21H,2,13-15H2,1H3,(H,27,32)(H,28,33)/t20-,21+/m1/s1. The highest BCUT2D eigenvalue weighted by atomic mass is 32.2. The van der Waals surface area contributed by atoms with Gasteiger partial charge in [0, 0.05) is 10.4 Å². The van der Waals surface area contributed by atoms with E-state index in [-0.39, 0.29) is 30.7 Å². The summed E-state index contributed by atoms with van der Waals surface area (Å²) < 4.78 is 5.29. The van der Waals surface area contributed by atoms with Crippen molar-refractivity contribution in [1.29, 1.82) is 0 Å². The van der Waals surface area contributed by atoms with Crippen LogP contribution in [0.1, 0.15) is 36.0 Å². The Balaban J connectivity index is 1.32. The molecule has 0 spiro atoms. The van der Waals surface area contributed by atoms with E-state index < -0.39 is 11.3 Å². The van der Waals surface area contributed by atoms with Gasteiger partial charge in [0.15, 0.2) is 5.17 Å². The highest BCUT2D eigenvalue weighted by molar-refractivity contribution is 8.15. The van der Waals surface area contributed by atoms with Crippen LogP contribution < -0.4 is 10.6 Å². The number of nitrogens with zero attached hydrogens (tertiary/aromatic N) is 3. The predicted octanol–water partition coefficient (Wildman–Crippen LogP) is 3.83. The van der Waals surface area contributed by atoms with Crippen LogP contribution in [-0.2, 0) is 27.5 Å². The fourth-order valence-corrected chi connectivity index (χ4v) is 5.70. The maximum atomic E-state index is 13.5. The molecule has 3 aromatic rings. The molecule has 5 rings (SSSR count). The average Bonchev–Trinajstić information content (AvgIpc) is 3.67. The molecule has 2 aliphatic rings. The van der Waals surface area contributed by atoms with Crippen molar-refractivity contribution >= 4 is 57.5 Å². The molecule has 0 unspecified atom stereocenters. The molecule has 2 aliphatic heterocycles. The van der Waals surface area contributed by atoms with Gasteiger partial charge in [0.1, 0.15) is 17.6 Å². The zero-order valence-electron chi connectivity index (χ0n) is 20.0. The third kappa shape index (κ3) is 5.52. The number of thiophene rings is 1. The number of fused-ring (bicyclic) bond motifs is 3. The van der Waals surface area contributed by atoms with E-state index in [0.29, 0.717) is 35.4 Å². The summed E-state index contributed by atoms with van der Waals surface area (Å²) in [5.74, 6) is 0.355. The zero-order valence-corrected chi connectivity index (χ0v) is 21.7. The first-order valence-corrected chi connectivity index (χ1v) is 13.6. The van der Waals surface area contributed by atoms with Gasteiger partial charge in [-0.05, 0) is 42.1 Å². The lowest BCUT2D eigenvalue weighted by Gasteiger charge is -2.27. The monoisotopic (exact) mass is 535 g/mol. The smallest absolute Gasteiger partial charge is 0.259 e. The van der Waals surface area contributed by atoms with E-state index in [0.717, 1.165) is 10.4 Å². The Bertz CT molecular complexity index is 1350. The minimum absolute atomic E-state index is 0.0643. The van der Waals surface area contributed by atoms with Crippen molar-refractivity contribution in [2.75, 3.05) is 0 Å². The van der Waals surface area contributed by atoms with E-state index in [9.17, 15) is 14.4 Å². The minimum Gasteiger partial charge on any atom is -0.467 e. The van der Waals surface area contributed by atoms with Crippen LogP contribution in [0.3, 0.4) is 0 Å². The topological polar surface area (TPSA) is 116 Å². The number of nitrogens with one attached hydrogen (secondary N) is 2. The average molecular weight is 536 g/mol. The van der Waals surface area contributed by atoms with Crippen molar-refractivity contribution in [2.45, 2.75) is 44.1 Å². The van der Waals surface area contributed by atoms with Crippen molar-refractivity contribution in [3.8, 4) is 0 Å². The maximum absolute atomic E-state index is 13.5. The Kier molecular flexibility index (Phi) is 7.52. The predicted molar refractivity (Wildman–Crippen MR) is 144 cm³/mol. The molecule has 0 saturated heterocycles. The Morgan fingerprint density at radius 2 is 2.00 bits per heavy atom. The summed E-state index contributed by atoms with van der Waals surface area (Å²) in [6.45, 7) is 2.59. The van der Waals surface area contributed by atoms with Gasteiger partial charge >= 0.3 is 0 Å². The molecule has 0 radical (unpaired) electrons. The quantitative estimate of drug-likeness (QED) is 0.432. The molecule has 11 heteroatoms. The SMILES string of the molecule is CC[C@H](SC1=Nc2ccccc2C2=N[C@H](CC(=O)NCc3cccs3)C(=O)N12)C(=O)NCc1ccco1. The number of amides is 3. The number of furan rings is 1. The van der Waals surface area contributed by atoms with E-state index in [1.54, 1.807) is 29.7 Å². The lowest BCUT2D eigenvalue weighted by atomic mass is 10.1. The first kappa shape index (κ1) is 25.0. The van der Waals surface area contributed by atoms with Crippen LogP contribution in [-0.4, -0.2) is 44.9 Å². The van der Waals surface area contributed by atoms with Crippen LogP contribution in [0.4, 0.5) is 5.69 Å². The van der Waals surface area contributed by atoms with Gasteiger partial charge in [-0.2, -0.15) is 0 Å². The summed E-state index contributed by atoms with van der Waals surface area (Å²) in [4.78, 5) is 50.9. The summed E-state index contributed by atoms with van der Waals surface area (Å²) in [5, 5.41) is 7.58. The molecule has 190 valence electrons. The molecule has 9 nitrogen and oxygen atoms in total. The lowest BCUT2D eigenvalue weighted by molar-refractivity contribution is -0.128. The van der Waals surface area contributed by atoms with Crippen molar-refractivity contribution in [1.82, 2.24) is 15.5 Å². The molecular formula is C26H25N5O4S2. The largest absolute Gasteiger partial charge is 0.467 e. The number of thioether (sulfide) groups is 1. The Hall–Kier alpha value is -3.70. The fraction of sp³-hybridized carbons (Fsp3) is 0.269. The second kappa shape index (κ2) is 11.1. The van der Waals surface area contributed by atoms with Crippen molar-refractivity contribution in [2.24, 2.45) is 9.98 Å². The Morgan fingerprint density at radius 1 is 1.14 bits per heavy atom. The summed E-state index contributed by atoms with van der Waals surface area (Å²) in [7, 11) is 0. The van der Waals surface area contributed by atoms with Crippen LogP contribution in [0.2, 0.25) is 0 Å². The Morgan fingerprint density at radius 3 is 2.76 bits per heavy atom. The number of carbonyl (C=O) groups is 3. The first-order chi connectivity index (χ1) is 18.0. The van der Waals surface area contributed by atoms with Crippen LogP contribution in [0.5, 0.6) is 0 Å². The number of benzene rings is 1. The molecule has 2 atom stereocenters. The molecule has 2 N–H and O–H groups in total. The van der Waals surface area contributed by atoms with Crippen molar-refractivity contribution < 1.29 is 18.8 Å². The van der Waals surface area contributed by atoms with Crippen LogP contribution in [0.15, 0.2) is 74.6 Å². The number of hydrogen-bond donors (Lipinski definition) is 2. The highest BCUT2D eigenvalue weighted by Gasteiger charge is 2.43. The van der Waals surface area contributed by atoms with E-state index in [1.807, 2.05) is 48.7 Å². The van der Waals surface area contributed by atoms with Gasteiger partial charge < -0.3 is 15.1 Å². The number of rotatable bonds is 9. The van der Waals surface area contributed by atoms with Crippen LogP contribution >= 0.6 is 23.1 Å². The summed E-state index contributed by atoms with van der Waals surface area (Å²) in [5.41, 5.74) is 1.39. The van der Waals surface area contributed by atoms with Gasteiger partial charge in [0.2, 0.25) is 11.8 Å². The molecule has 0 aliphatic carbocycles. The minimum atomic E-state index is -0.858. The number of para-hydroxylation sites is 1. The molecule has 3 amide bonds. The molecule has 37 heavy (non-hydrogen) atoms. The van der Waals surface area contributed by atoms with Gasteiger partial charge in [-0.3, -0.25) is 19.4 Å². The molecule has 0 fully saturated rings. The highest BCUT2D eigenvalue weighted by Crippen LogP contribution is 2.35. The zero-order chi connectivity index (χ0) is 25.8. The molecule has 0 saturated carbocycles. The van der Waals surface area contributed by atoms with Crippen molar-refractivity contribution in [3.05, 3.63) is 76.4 Å². The molecule has 4 heterocycles. The Labute approximate surface area is 222 Å².